The molecule has 0 spiro atoms. The molecule has 0 amide bonds. The van der Waals surface area contributed by atoms with E-state index in [4.69, 9.17) is 4.74 Å². The maximum atomic E-state index is 11.7. The highest BCUT2D eigenvalue weighted by molar-refractivity contribution is 5.75. The van der Waals surface area contributed by atoms with Crippen LogP contribution >= 0.6 is 0 Å². The monoisotopic (exact) mass is 442 g/mol. The number of phenolic OH excluding ortho intramolecular Hbond substituents is 1. The Labute approximate surface area is 196 Å². The number of unbranched alkanes of at least 4 members (excludes halogenated alkanes) is 1. The number of carbonyl (C=O) groups excluding carboxylic acids is 1. The molecule has 1 N–H and O–H groups in total. The number of fused-ring (bicyclic) bond motifs is 1. The summed E-state index contributed by atoms with van der Waals surface area (Å²) in [4.78, 5) is 11.7. The summed E-state index contributed by atoms with van der Waals surface area (Å²) in [7, 11) is 0. The molecule has 3 heteroatoms. The molecule has 3 aliphatic carbocycles. The first-order valence-corrected chi connectivity index (χ1v) is 12.4. The van der Waals surface area contributed by atoms with Crippen LogP contribution in [0.1, 0.15) is 98.6 Å². The van der Waals surface area contributed by atoms with E-state index in [2.05, 4.69) is 46.8 Å². The van der Waals surface area contributed by atoms with Crippen molar-refractivity contribution in [3.63, 3.8) is 0 Å². The van der Waals surface area contributed by atoms with Crippen LogP contribution < -0.4 is 0 Å². The van der Waals surface area contributed by atoms with E-state index >= 15 is 0 Å². The third-order valence-corrected chi connectivity index (χ3v) is 7.56. The molecular formula is C29H46O3. The molecule has 4 rings (SSSR count). The number of rotatable bonds is 6. The fourth-order valence-electron chi connectivity index (χ4n) is 4.92. The Morgan fingerprint density at radius 2 is 1.81 bits per heavy atom. The average molecular weight is 443 g/mol. The number of allylic oxidation sites excluding steroid dienone is 1. The Kier molecular flexibility index (Phi) is 8.29. The quantitative estimate of drug-likeness (QED) is 0.362. The fourth-order valence-corrected chi connectivity index (χ4v) is 4.92. The van der Waals surface area contributed by atoms with Crippen LogP contribution in [0.2, 0.25) is 0 Å². The van der Waals surface area contributed by atoms with Crippen molar-refractivity contribution in [3.8, 4) is 5.75 Å². The first-order chi connectivity index (χ1) is 14.7. The van der Waals surface area contributed by atoms with E-state index in [-0.39, 0.29) is 11.4 Å². The van der Waals surface area contributed by atoms with Gasteiger partial charge in [-0.05, 0) is 98.5 Å². The van der Waals surface area contributed by atoms with Crippen LogP contribution in [0.15, 0.2) is 29.8 Å². The van der Waals surface area contributed by atoms with Crippen molar-refractivity contribution in [1.29, 1.82) is 0 Å². The van der Waals surface area contributed by atoms with Gasteiger partial charge < -0.3 is 9.84 Å². The lowest BCUT2D eigenvalue weighted by Gasteiger charge is -2.56. The second kappa shape index (κ2) is 10.0. The van der Waals surface area contributed by atoms with Gasteiger partial charge in [0.05, 0.1) is 5.41 Å². The number of aromatic hydroxyl groups is 1. The molecule has 1 saturated carbocycles. The number of esters is 1. The van der Waals surface area contributed by atoms with Gasteiger partial charge in [0.15, 0.2) is 0 Å². The maximum absolute atomic E-state index is 11.7. The number of carbonyl (C=O) groups is 1. The molecule has 1 unspecified atom stereocenters. The Hall–Kier alpha value is -1.77. The number of ether oxygens (including phenoxy) is 1. The van der Waals surface area contributed by atoms with Crippen molar-refractivity contribution >= 4 is 5.97 Å². The highest BCUT2D eigenvalue weighted by Gasteiger charge is 2.51. The number of aryl methyl sites for hydroxylation is 1. The van der Waals surface area contributed by atoms with Gasteiger partial charge in [0.2, 0.25) is 0 Å². The maximum Gasteiger partial charge on any atom is 0.311 e. The highest BCUT2D eigenvalue weighted by Crippen LogP contribution is 2.59. The largest absolute Gasteiger partial charge is 0.508 e. The van der Waals surface area contributed by atoms with Crippen molar-refractivity contribution in [2.24, 2.45) is 22.7 Å². The SMILES string of the molecule is CC(C)(C)C(=O)OCC1=CC[C@@H]2CC1C2(C)C.CCCCC(C)(C)c1cc(C)cc(O)c1. The summed E-state index contributed by atoms with van der Waals surface area (Å²) in [6.45, 7) is 19.6. The molecule has 2 atom stereocenters. The summed E-state index contributed by atoms with van der Waals surface area (Å²) in [5.41, 5.74) is 3.91. The summed E-state index contributed by atoms with van der Waals surface area (Å²) < 4.78 is 5.43. The van der Waals surface area contributed by atoms with Gasteiger partial charge in [0.25, 0.3) is 0 Å². The van der Waals surface area contributed by atoms with E-state index in [1.165, 1.54) is 36.8 Å². The first-order valence-electron chi connectivity index (χ1n) is 12.4. The zero-order valence-electron chi connectivity index (χ0n) is 22.0. The van der Waals surface area contributed by atoms with Crippen LogP contribution in [0.5, 0.6) is 5.75 Å². The molecule has 180 valence electrons. The highest BCUT2D eigenvalue weighted by atomic mass is 16.5. The normalized spacial score (nSPS) is 21.6. The first kappa shape index (κ1) is 26.5. The summed E-state index contributed by atoms with van der Waals surface area (Å²) in [6.07, 6.45) is 8.37. The smallest absolute Gasteiger partial charge is 0.311 e. The third kappa shape index (κ3) is 6.39. The minimum absolute atomic E-state index is 0.0994. The fraction of sp³-hybridized carbons (Fsp3) is 0.690. The summed E-state index contributed by atoms with van der Waals surface area (Å²) >= 11 is 0. The number of phenols is 1. The summed E-state index contributed by atoms with van der Waals surface area (Å²) in [6, 6.07) is 5.87. The second-order valence-corrected chi connectivity index (χ2v) is 12.2. The minimum atomic E-state index is -0.396. The van der Waals surface area contributed by atoms with Crippen LogP contribution in [0, 0.1) is 29.6 Å². The van der Waals surface area contributed by atoms with Crippen molar-refractivity contribution in [1.82, 2.24) is 0 Å². The van der Waals surface area contributed by atoms with Gasteiger partial charge in [0.1, 0.15) is 12.4 Å². The van der Waals surface area contributed by atoms with E-state index in [0.717, 1.165) is 17.9 Å². The van der Waals surface area contributed by atoms with Gasteiger partial charge in [-0.3, -0.25) is 4.79 Å². The van der Waals surface area contributed by atoms with Gasteiger partial charge in [-0.1, -0.05) is 59.6 Å². The lowest BCUT2D eigenvalue weighted by Crippen LogP contribution is -2.48. The molecule has 0 aliphatic heterocycles. The molecule has 1 aromatic carbocycles. The van der Waals surface area contributed by atoms with Gasteiger partial charge in [-0.25, -0.2) is 0 Å². The molecular weight excluding hydrogens is 396 g/mol. The molecule has 0 saturated heterocycles. The van der Waals surface area contributed by atoms with Gasteiger partial charge in [-0.2, -0.15) is 0 Å². The summed E-state index contributed by atoms with van der Waals surface area (Å²) in [5.74, 6) is 1.76. The molecule has 32 heavy (non-hydrogen) atoms. The zero-order valence-corrected chi connectivity index (χ0v) is 22.0. The number of hydrogen-bond donors (Lipinski definition) is 1. The summed E-state index contributed by atoms with van der Waals surface area (Å²) in [5, 5.41) is 9.58. The lowest BCUT2D eigenvalue weighted by atomic mass is 9.49. The van der Waals surface area contributed by atoms with Crippen LogP contribution in [0.4, 0.5) is 0 Å². The Bertz CT molecular complexity index is 803. The molecule has 0 radical (unpaired) electrons. The zero-order chi connectivity index (χ0) is 24.3. The van der Waals surface area contributed by atoms with Gasteiger partial charge in [-0.15, -0.1) is 0 Å². The van der Waals surface area contributed by atoms with E-state index in [0.29, 0.717) is 23.7 Å². The standard InChI is InChI=1S/C15H24O2.C14H22O/c1-14(2,3)13(16)17-9-10-6-7-11-8-12(10)15(11,4)5;1-5-6-7-14(3,4)12-8-11(2)9-13(15)10-12/h6,11-12H,7-9H2,1-5H3;8-10,15H,5-7H2,1-4H3/t11-,12?;/m1./s1. The predicted octanol–water partition coefficient (Wildman–Crippen LogP) is 7.74. The van der Waals surface area contributed by atoms with Crippen LogP contribution in [-0.4, -0.2) is 17.7 Å². The molecule has 3 aliphatic rings. The van der Waals surface area contributed by atoms with Crippen LogP contribution in [-0.2, 0) is 14.9 Å². The molecule has 2 bridgehead atoms. The van der Waals surface area contributed by atoms with E-state index in [1.807, 2.05) is 33.8 Å². The number of hydrogen-bond acceptors (Lipinski definition) is 3. The molecule has 3 nitrogen and oxygen atoms in total. The molecule has 0 aromatic heterocycles. The van der Waals surface area contributed by atoms with Crippen molar-refractivity contribution in [2.45, 2.75) is 99.8 Å². The second-order valence-electron chi connectivity index (χ2n) is 12.2. The van der Waals surface area contributed by atoms with Gasteiger partial charge >= 0.3 is 5.97 Å². The third-order valence-electron chi connectivity index (χ3n) is 7.56. The molecule has 1 aromatic rings. The topological polar surface area (TPSA) is 46.5 Å². The Balaban J connectivity index is 0.000000229. The van der Waals surface area contributed by atoms with E-state index < -0.39 is 5.41 Å². The Morgan fingerprint density at radius 1 is 1.16 bits per heavy atom. The van der Waals surface area contributed by atoms with Crippen molar-refractivity contribution in [2.75, 3.05) is 6.61 Å². The Morgan fingerprint density at radius 3 is 2.31 bits per heavy atom. The molecule has 1 fully saturated rings. The van der Waals surface area contributed by atoms with E-state index in [1.54, 1.807) is 6.07 Å². The number of benzene rings is 1. The van der Waals surface area contributed by atoms with Crippen molar-refractivity contribution < 1.29 is 14.6 Å². The van der Waals surface area contributed by atoms with E-state index in [9.17, 15) is 9.90 Å². The minimum Gasteiger partial charge on any atom is -0.508 e. The lowest BCUT2D eigenvalue weighted by molar-refractivity contribution is -0.152. The predicted molar refractivity (Wildman–Crippen MR) is 134 cm³/mol. The average Bonchev–Trinajstić information content (AvgIpc) is 2.69. The molecule has 0 heterocycles. The van der Waals surface area contributed by atoms with Crippen LogP contribution in [0.25, 0.3) is 0 Å². The van der Waals surface area contributed by atoms with Crippen molar-refractivity contribution in [3.05, 3.63) is 41.0 Å². The van der Waals surface area contributed by atoms with Crippen LogP contribution in [0.3, 0.4) is 0 Å². The van der Waals surface area contributed by atoms with Gasteiger partial charge in [0, 0.05) is 0 Å².